The number of hydrogen-bond acceptors (Lipinski definition) is 4. The number of amides is 2. The van der Waals surface area contributed by atoms with Crippen LogP contribution in [0.2, 0.25) is 0 Å². The van der Waals surface area contributed by atoms with Gasteiger partial charge in [-0.05, 0) is 37.3 Å². The van der Waals surface area contributed by atoms with Crippen molar-refractivity contribution in [3.8, 4) is 0 Å². The zero-order chi connectivity index (χ0) is 15.5. The lowest BCUT2D eigenvalue weighted by Crippen LogP contribution is -2.50. The van der Waals surface area contributed by atoms with E-state index in [1.165, 1.54) is 12.8 Å². The molecule has 1 unspecified atom stereocenters. The van der Waals surface area contributed by atoms with Crippen molar-refractivity contribution in [1.29, 1.82) is 0 Å². The fourth-order valence-electron chi connectivity index (χ4n) is 2.85. The van der Waals surface area contributed by atoms with Gasteiger partial charge >= 0.3 is 6.03 Å². The highest BCUT2D eigenvalue weighted by Crippen LogP contribution is 2.38. The minimum absolute atomic E-state index is 0.109. The largest absolute Gasteiger partial charge is 0.377 e. The summed E-state index contributed by atoms with van der Waals surface area (Å²) in [7, 11) is 0. The van der Waals surface area contributed by atoms with E-state index in [1.54, 1.807) is 0 Å². The van der Waals surface area contributed by atoms with Crippen LogP contribution in [-0.4, -0.2) is 46.9 Å². The number of morpholine rings is 1. The molecule has 2 aliphatic rings. The van der Waals surface area contributed by atoms with Crippen molar-refractivity contribution in [3.05, 3.63) is 17.8 Å². The molecule has 0 aromatic carbocycles. The highest BCUT2D eigenvalue weighted by Gasteiger charge is 2.28. The van der Waals surface area contributed by atoms with Crippen molar-refractivity contribution in [2.45, 2.75) is 45.1 Å². The van der Waals surface area contributed by atoms with Crippen LogP contribution in [0.1, 0.15) is 44.7 Å². The van der Waals surface area contributed by atoms with Gasteiger partial charge < -0.3 is 9.64 Å². The van der Waals surface area contributed by atoms with Crippen LogP contribution in [0.3, 0.4) is 0 Å². The van der Waals surface area contributed by atoms with E-state index >= 15 is 0 Å². The van der Waals surface area contributed by atoms with Gasteiger partial charge in [-0.2, -0.15) is 5.10 Å². The van der Waals surface area contributed by atoms with Gasteiger partial charge in [0.1, 0.15) is 0 Å². The van der Waals surface area contributed by atoms with Gasteiger partial charge in [-0.3, -0.25) is 5.32 Å². The molecule has 0 bridgehead atoms. The summed E-state index contributed by atoms with van der Waals surface area (Å²) >= 11 is 0. The number of anilines is 1. The molecule has 6 heteroatoms. The number of nitrogens with one attached hydrogen (secondary N) is 1. The summed E-state index contributed by atoms with van der Waals surface area (Å²) in [6, 6.07) is 3.83. The lowest BCUT2D eigenvalue weighted by atomic mass is 10.0. The first kappa shape index (κ1) is 15.2. The summed E-state index contributed by atoms with van der Waals surface area (Å²) < 4.78 is 5.51. The minimum atomic E-state index is -0.109. The Morgan fingerprint density at radius 1 is 1.41 bits per heavy atom. The van der Waals surface area contributed by atoms with E-state index in [4.69, 9.17) is 4.74 Å². The molecule has 1 saturated heterocycles. The molecular weight excluding hydrogens is 280 g/mol. The normalized spacial score (nSPS) is 22.0. The summed E-state index contributed by atoms with van der Waals surface area (Å²) in [5, 5.41) is 11.2. The SMILES string of the molecule is CC(C)CC1COCCN1C(=O)Nc1ccc(C2CC2)nn1. The molecule has 22 heavy (non-hydrogen) atoms. The lowest BCUT2D eigenvalue weighted by molar-refractivity contribution is 0.00855. The summed E-state index contributed by atoms with van der Waals surface area (Å²) in [6.07, 6.45) is 3.34. The van der Waals surface area contributed by atoms with Gasteiger partial charge in [-0.25, -0.2) is 4.79 Å². The standard InChI is InChI=1S/C16H24N4O2/c1-11(2)9-13-10-22-8-7-20(13)16(21)17-15-6-5-14(18-19-15)12-3-4-12/h5-6,11-13H,3-4,7-10H2,1-2H3,(H,17,19,21). The third kappa shape index (κ3) is 3.74. The predicted molar refractivity (Wildman–Crippen MR) is 83.8 cm³/mol. The Labute approximate surface area is 131 Å². The molecule has 1 N–H and O–H groups in total. The Kier molecular flexibility index (Phi) is 4.57. The van der Waals surface area contributed by atoms with E-state index < -0.39 is 0 Å². The van der Waals surface area contributed by atoms with Crippen molar-refractivity contribution < 1.29 is 9.53 Å². The molecule has 0 radical (unpaired) electrons. The van der Waals surface area contributed by atoms with E-state index in [9.17, 15) is 4.79 Å². The van der Waals surface area contributed by atoms with Crippen LogP contribution in [0.5, 0.6) is 0 Å². The van der Waals surface area contributed by atoms with Crippen LogP contribution in [0.25, 0.3) is 0 Å². The highest BCUT2D eigenvalue weighted by atomic mass is 16.5. The number of carbonyl (C=O) groups excluding carboxylic acids is 1. The number of ether oxygens (including phenoxy) is 1. The average molecular weight is 304 g/mol. The molecule has 1 saturated carbocycles. The zero-order valence-electron chi connectivity index (χ0n) is 13.3. The Morgan fingerprint density at radius 2 is 2.23 bits per heavy atom. The van der Waals surface area contributed by atoms with Crippen molar-refractivity contribution in [1.82, 2.24) is 15.1 Å². The second kappa shape index (κ2) is 6.60. The van der Waals surface area contributed by atoms with Crippen LogP contribution in [0.15, 0.2) is 12.1 Å². The van der Waals surface area contributed by atoms with E-state index in [0.29, 0.717) is 37.4 Å². The van der Waals surface area contributed by atoms with Crippen molar-refractivity contribution >= 4 is 11.8 Å². The highest BCUT2D eigenvalue weighted by molar-refractivity contribution is 5.88. The summed E-state index contributed by atoms with van der Waals surface area (Å²) in [4.78, 5) is 14.3. The molecule has 1 aliphatic heterocycles. The fourth-order valence-corrected chi connectivity index (χ4v) is 2.85. The molecular formula is C16H24N4O2. The van der Waals surface area contributed by atoms with Gasteiger partial charge in [-0.15, -0.1) is 5.10 Å². The van der Waals surface area contributed by atoms with Crippen molar-refractivity contribution in [3.63, 3.8) is 0 Å². The van der Waals surface area contributed by atoms with Crippen molar-refractivity contribution in [2.75, 3.05) is 25.1 Å². The number of rotatable bonds is 4. The summed E-state index contributed by atoms with van der Waals surface area (Å²) in [6.45, 7) is 6.14. The first-order chi connectivity index (χ1) is 10.6. The summed E-state index contributed by atoms with van der Waals surface area (Å²) in [5.74, 6) is 1.62. The average Bonchev–Trinajstić information content (AvgIpc) is 3.32. The Bertz CT molecular complexity index is 513. The Balaban J connectivity index is 1.61. The van der Waals surface area contributed by atoms with Gasteiger partial charge in [0, 0.05) is 12.5 Å². The molecule has 2 amide bonds. The quantitative estimate of drug-likeness (QED) is 0.928. The maximum atomic E-state index is 12.5. The number of nitrogens with zero attached hydrogens (tertiary/aromatic N) is 3. The molecule has 120 valence electrons. The van der Waals surface area contributed by atoms with Gasteiger partial charge in [0.2, 0.25) is 0 Å². The molecule has 2 fully saturated rings. The summed E-state index contributed by atoms with van der Waals surface area (Å²) in [5.41, 5.74) is 1.03. The first-order valence-corrected chi connectivity index (χ1v) is 8.12. The van der Waals surface area contributed by atoms with Crippen molar-refractivity contribution in [2.24, 2.45) is 5.92 Å². The van der Waals surface area contributed by atoms with E-state index in [2.05, 4.69) is 29.4 Å². The van der Waals surface area contributed by atoms with E-state index in [0.717, 1.165) is 12.1 Å². The molecule has 0 spiro atoms. The van der Waals surface area contributed by atoms with Crippen LogP contribution < -0.4 is 5.32 Å². The number of carbonyl (C=O) groups is 1. The number of hydrogen-bond donors (Lipinski definition) is 1. The smallest absolute Gasteiger partial charge is 0.323 e. The zero-order valence-corrected chi connectivity index (χ0v) is 13.3. The maximum absolute atomic E-state index is 12.5. The second-order valence-corrected chi connectivity index (χ2v) is 6.60. The third-order valence-corrected chi connectivity index (χ3v) is 4.15. The van der Waals surface area contributed by atoms with Gasteiger partial charge in [0.05, 0.1) is 24.9 Å². The fraction of sp³-hybridized carbons (Fsp3) is 0.688. The van der Waals surface area contributed by atoms with Crippen LogP contribution in [-0.2, 0) is 4.74 Å². The lowest BCUT2D eigenvalue weighted by Gasteiger charge is -2.36. The maximum Gasteiger partial charge on any atom is 0.323 e. The monoisotopic (exact) mass is 304 g/mol. The predicted octanol–water partition coefficient (Wildman–Crippen LogP) is 2.63. The first-order valence-electron chi connectivity index (χ1n) is 8.12. The molecule has 1 aromatic heterocycles. The Hall–Kier alpha value is -1.69. The molecule has 3 rings (SSSR count). The van der Waals surface area contributed by atoms with Gasteiger partial charge in [0.25, 0.3) is 0 Å². The Morgan fingerprint density at radius 3 is 2.86 bits per heavy atom. The van der Waals surface area contributed by atoms with Gasteiger partial charge in [-0.1, -0.05) is 13.8 Å². The molecule has 6 nitrogen and oxygen atoms in total. The van der Waals surface area contributed by atoms with Crippen LogP contribution >= 0.6 is 0 Å². The molecule has 1 atom stereocenters. The number of urea groups is 1. The number of aromatic nitrogens is 2. The van der Waals surface area contributed by atoms with Crippen LogP contribution in [0, 0.1) is 5.92 Å². The van der Waals surface area contributed by atoms with Crippen LogP contribution in [0.4, 0.5) is 10.6 Å². The van der Waals surface area contributed by atoms with Gasteiger partial charge in [0.15, 0.2) is 5.82 Å². The molecule has 1 aromatic rings. The molecule has 1 aliphatic carbocycles. The second-order valence-electron chi connectivity index (χ2n) is 6.60. The van der Waals surface area contributed by atoms with E-state index in [-0.39, 0.29) is 12.1 Å². The minimum Gasteiger partial charge on any atom is -0.377 e. The van der Waals surface area contributed by atoms with E-state index in [1.807, 2.05) is 17.0 Å². The third-order valence-electron chi connectivity index (χ3n) is 4.15. The topological polar surface area (TPSA) is 67.3 Å². The molecule has 2 heterocycles.